The minimum absolute atomic E-state index is 0.0141. The topological polar surface area (TPSA) is 96.7 Å². The Kier molecular flexibility index (Phi) is 8.45. The largest absolute Gasteiger partial charge is 0.481 e. The number of carbonyl (C=O) groups excluding carboxylic acids is 1. The summed E-state index contributed by atoms with van der Waals surface area (Å²) in [4.78, 5) is 25.5. The molecule has 2 heterocycles. The summed E-state index contributed by atoms with van der Waals surface area (Å²) in [5, 5.41) is 17.3. The maximum Gasteiger partial charge on any atom is 0.305 e. The number of rotatable bonds is 10. The van der Waals surface area contributed by atoms with E-state index >= 15 is 0 Å². The number of anilines is 1. The molecule has 0 aliphatic carbocycles. The molecule has 1 atom stereocenters. The van der Waals surface area contributed by atoms with E-state index < -0.39 is 5.97 Å². The molecule has 1 fully saturated rings. The van der Waals surface area contributed by atoms with E-state index in [0.717, 1.165) is 54.8 Å². The lowest BCUT2D eigenvalue weighted by Crippen LogP contribution is -2.36. The third kappa shape index (κ3) is 6.34. The number of benzene rings is 3. The van der Waals surface area contributed by atoms with Gasteiger partial charge in [0.05, 0.1) is 37.4 Å². The molecule has 40 heavy (non-hydrogen) atoms. The van der Waals surface area contributed by atoms with Crippen LogP contribution >= 0.6 is 0 Å². The van der Waals surface area contributed by atoms with Crippen LogP contribution in [0.2, 0.25) is 0 Å². The highest BCUT2D eigenvalue weighted by Gasteiger charge is 2.20. The van der Waals surface area contributed by atoms with Gasteiger partial charge in [-0.2, -0.15) is 5.10 Å². The Morgan fingerprint density at radius 1 is 0.975 bits per heavy atom. The molecule has 1 amide bonds. The first-order valence-electron chi connectivity index (χ1n) is 13.9. The number of nitrogens with zero attached hydrogens (tertiary/aromatic N) is 3. The predicted molar refractivity (Wildman–Crippen MR) is 157 cm³/mol. The normalized spacial score (nSPS) is 14.4. The monoisotopic (exact) mass is 540 g/mol. The fraction of sp³-hybridized carbons (Fsp3) is 0.344. The zero-order valence-corrected chi connectivity index (χ0v) is 23.0. The van der Waals surface area contributed by atoms with Gasteiger partial charge in [0.1, 0.15) is 0 Å². The summed E-state index contributed by atoms with van der Waals surface area (Å²) < 4.78 is 7.56. The third-order valence-corrected chi connectivity index (χ3v) is 7.34. The van der Waals surface area contributed by atoms with Crippen LogP contribution in [0.5, 0.6) is 0 Å². The molecule has 8 nitrogen and oxygen atoms in total. The molecule has 1 unspecified atom stereocenters. The average molecular weight is 541 g/mol. The Labute approximate surface area is 234 Å². The molecule has 1 aliphatic heterocycles. The number of amides is 1. The van der Waals surface area contributed by atoms with Crippen molar-refractivity contribution in [2.24, 2.45) is 5.92 Å². The average Bonchev–Trinajstić information content (AvgIpc) is 3.39. The molecule has 1 aromatic heterocycles. The van der Waals surface area contributed by atoms with E-state index in [-0.39, 0.29) is 24.9 Å². The number of carboxylic acid groups (broad SMARTS) is 1. The smallest absolute Gasteiger partial charge is 0.305 e. The van der Waals surface area contributed by atoms with Crippen LogP contribution in [0.3, 0.4) is 0 Å². The van der Waals surface area contributed by atoms with Gasteiger partial charge in [0.25, 0.3) is 5.91 Å². The molecule has 1 saturated heterocycles. The van der Waals surface area contributed by atoms with Crippen molar-refractivity contribution in [1.82, 2.24) is 15.1 Å². The van der Waals surface area contributed by atoms with Crippen molar-refractivity contribution in [3.05, 3.63) is 84.1 Å². The van der Waals surface area contributed by atoms with Gasteiger partial charge in [0.15, 0.2) is 0 Å². The van der Waals surface area contributed by atoms with Gasteiger partial charge < -0.3 is 20.1 Å². The third-order valence-electron chi connectivity index (χ3n) is 7.34. The number of hydrogen-bond acceptors (Lipinski definition) is 5. The SMILES string of the molecule is CC(C)CC(c1ccc(C(=O)NCCC(=O)O)cc1)n1ncc2cc(-c3ccc(N4CCOCC4)cc3)ccc21. The number of fused-ring (bicyclic) bond motifs is 1. The van der Waals surface area contributed by atoms with Crippen LogP contribution < -0.4 is 10.2 Å². The number of ether oxygens (including phenoxy) is 1. The van der Waals surface area contributed by atoms with Crippen LogP contribution in [0.1, 0.15) is 48.7 Å². The van der Waals surface area contributed by atoms with Gasteiger partial charge in [-0.1, -0.05) is 44.2 Å². The van der Waals surface area contributed by atoms with E-state index in [9.17, 15) is 9.59 Å². The molecule has 0 spiro atoms. The Balaban J connectivity index is 1.36. The summed E-state index contributed by atoms with van der Waals surface area (Å²) in [6, 6.07) is 22.8. The summed E-state index contributed by atoms with van der Waals surface area (Å²) in [5.41, 5.74) is 6.19. The fourth-order valence-electron chi connectivity index (χ4n) is 5.23. The summed E-state index contributed by atoms with van der Waals surface area (Å²) in [7, 11) is 0. The van der Waals surface area contributed by atoms with Crippen molar-refractivity contribution in [2.75, 3.05) is 37.7 Å². The summed E-state index contributed by atoms with van der Waals surface area (Å²) in [5.74, 6) is -0.775. The van der Waals surface area contributed by atoms with Gasteiger partial charge in [-0.3, -0.25) is 14.3 Å². The van der Waals surface area contributed by atoms with Gasteiger partial charge in [-0.15, -0.1) is 0 Å². The van der Waals surface area contributed by atoms with Gasteiger partial charge in [0.2, 0.25) is 0 Å². The van der Waals surface area contributed by atoms with Gasteiger partial charge in [-0.05, 0) is 65.4 Å². The molecular formula is C32H36N4O4. The van der Waals surface area contributed by atoms with Gasteiger partial charge >= 0.3 is 5.97 Å². The van der Waals surface area contributed by atoms with Crippen molar-refractivity contribution in [1.29, 1.82) is 0 Å². The molecule has 1 aliphatic rings. The first-order chi connectivity index (χ1) is 19.4. The molecule has 208 valence electrons. The molecule has 2 N–H and O–H groups in total. The molecule has 4 aromatic rings. The van der Waals surface area contributed by atoms with E-state index in [2.05, 4.69) is 71.2 Å². The molecule has 0 radical (unpaired) electrons. The first kappa shape index (κ1) is 27.4. The number of carbonyl (C=O) groups is 2. The lowest BCUT2D eigenvalue weighted by Gasteiger charge is -2.28. The van der Waals surface area contributed by atoms with Crippen molar-refractivity contribution in [3.8, 4) is 11.1 Å². The van der Waals surface area contributed by atoms with Crippen LogP contribution in [0, 0.1) is 5.92 Å². The van der Waals surface area contributed by atoms with E-state index in [1.165, 1.54) is 11.3 Å². The number of hydrogen-bond donors (Lipinski definition) is 2. The molecule has 5 rings (SSSR count). The van der Waals surface area contributed by atoms with E-state index in [1.54, 1.807) is 12.1 Å². The number of nitrogens with one attached hydrogen (secondary N) is 1. The number of morpholine rings is 1. The quantitative estimate of drug-likeness (QED) is 0.280. The lowest BCUT2D eigenvalue weighted by atomic mass is 9.96. The van der Waals surface area contributed by atoms with Crippen LogP contribution in [-0.2, 0) is 9.53 Å². The lowest BCUT2D eigenvalue weighted by molar-refractivity contribution is -0.136. The van der Waals surface area contributed by atoms with Crippen molar-refractivity contribution < 1.29 is 19.4 Å². The zero-order chi connectivity index (χ0) is 28.1. The second-order valence-corrected chi connectivity index (χ2v) is 10.7. The molecule has 0 bridgehead atoms. The minimum atomic E-state index is -0.938. The van der Waals surface area contributed by atoms with Crippen LogP contribution in [0.4, 0.5) is 5.69 Å². The van der Waals surface area contributed by atoms with Crippen LogP contribution in [-0.4, -0.2) is 59.6 Å². The Morgan fingerprint density at radius 2 is 1.68 bits per heavy atom. The fourth-order valence-corrected chi connectivity index (χ4v) is 5.23. The number of carboxylic acids is 1. The number of aromatic nitrogens is 2. The zero-order valence-electron chi connectivity index (χ0n) is 23.0. The predicted octanol–water partition coefficient (Wildman–Crippen LogP) is 5.38. The highest BCUT2D eigenvalue weighted by Crippen LogP contribution is 2.32. The maximum absolute atomic E-state index is 12.4. The highest BCUT2D eigenvalue weighted by molar-refractivity contribution is 5.94. The Morgan fingerprint density at radius 3 is 2.35 bits per heavy atom. The standard InChI is InChI=1S/C32H36N4O4/c1-22(2)19-30(24-3-5-25(6-4-24)32(39)33-14-13-31(37)38)36-29-12-9-26(20-27(29)21-34-36)23-7-10-28(11-8-23)35-15-17-40-18-16-35/h3-12,20-22,30H,13-19H2,1-2H3,(H,33,39)(H,37,38). The van der Waals surface area contributed by atoms with E-state index in [4.69, 9.17) is 14.9 Å². The first-order valence-corrected chi connectivity index (χ1v) is 13.9. The van der Waals surface area contributed by atoms with E-state index in [1.807, 2.05) is 18.3 Å². The summed E-state index contributed by atoms with van der Waals surface area (Å²) in [6.07, 6.45) is 2.72. The van der Waals surface area contributed by atoms with Crippen molar-refractivity contribution in [2.45, 2.75) is 32.7 Å². The van der Waals surface area contributed by atoms with Crippen molar-refractivity contribution in [3.63, 3.8) is 0 Å². The minimum Gasteiger partial charge on any atom is -0.481 e. The second kappa shape index (κ2) is 12.3. The molecule has 3 aromatic carbocycles. The summed E-state index contributed by atoms with van der Waals surface area (Å²) >= 11 is 0. The maximum atomic E-state index is 12.4. The number of aliphatic carboxylic acids is 1. The molecular weight excluding hydrogens is 504 g/mol. The second-order valence-electron chi connectivity index (χ2n) is 10.7. The van der Waals surface area contributed by atoms with Gasteiger partial charge in [-0.25, -0.2) is 0 Å². The molecule has 8 heteroatoms. The van der Waals surface area contributed by atoms with Crippen molar-refractivity contribution >= 4 is 28.5 Å². The molecule has 0 saturated carbocycles. The Hall–Kier alpha value is -4.17. The van der Waals surface area contributed by atoms with Crippen LogP contribution in [0.15, 0.2) is 72.9 Å². The highest BCUT2D eigenvalue weighted by atomic mass is 16.5. The van der Waals surface area contributed by atoms with E-state index in [0.29, 0.717) is 11.5 Å². The van der Waals surface area contributed by atoms with Gasteiger partial charge in [0, 0.05) is 36.3 Å². The van der Waals surface area contributed by atoms with Crippen LogP contribution in [0.25, 0.3) is 22.0 Å². The Bertz CT molecular complexity index is 1450. The summed E-state index contributed by atoms with van der Waals surface area (Å²) in [6.45, 7) is 7.88.